The summed E-state index contributed by atoms with van der Waals surface area (Å²) in [4.78, 5) is 16.0. The summed E-state index contributed by atoms with van der Waals surface area (Å²) in [5.41, 5.74) is 1.35. The molecule has 0 aliphatic rings. The molecule has 5 heteroatoms. The smallest absolute Gasteiger partial charge is 0.251 e. The molecule has 2 rings (SSSR count). The minimum absolute atomic E-state index is 0.146. The molecule has 0 bridgehead atoms. The molecule has 2 aromatic rings. The van der Waals surface area contributed by atoms with Gasteiger partial charge in [-0.15, -0.1) is 0 Å². The Labute approximate surface area is 118 Å². The molecule has 0 radical (unpaired) electrons. The van der Waals surface area contributed by atoms with Crippen LogP contribution in [0.5, 0.6) is 0 Å². The number of hydrogen-bond donors (Lipinski definition) is 1. The van der Waals surface area contributed by atoms with Gasteiger partial charge in [0.15, 0.2) is 0 Å². The van der Waals surface area contributed by atoms with E-state index in [0.29, 0.717) is 17.3 Å². The maximum atomic E-state index is 11.8. The predicted molar refractivity (Wildman–Crippen MR) is 77.2 cm³/mol. The van der Waals surface area contributed by atoms with Crippen LogP contribution in [0.3, 0.4) is 0 Å². The SMILES string of the molecule is C=C(Br)CNC(=O)c1ccc2nc(Cl)ccc2c1. The average Bonchev–Trinajstić information content (AvgIpc) is 2.35. The molecule has 1 N–H and O–H groups in total. The van der Waals surface area contributed by atoms with Gasteiger partial charge in [0, 0.05) is 22.0 Å². The zero-order chi connectivity index (χ0) is 13.1. The number of carbonyl (C=O) groups excluding carboxylic acids is 1. The largest absolute Gasteiger partial charge is 0.347 e. The van der Waals surface area contributed by atoms with Crippen molar-refractivity contribution in [3.63, 3.8) is 0 Å². The van der Waals surface area contributed by atoms with Crippen LogP contribution in [0.1, 0.15) is 10.4 Å². The Morgan fingerprint density at radius 3 is 2.89 bits per heavy atom. The minimum atomic E-state index is -0.146. The highest BCUT2D eigenvalue weighted by molar-refractivity contribution is 9.11. The number of carbonyl (C=O) groups is 1. The number of pyridine rings is 1. The molecular formula is C13H10BrClN2O. The maximum absolute atomic E-state index is 11.8. The molecule has 1 amide bonds. The third kappa shape index (κ3) is 3.09. The van der Waals surface area contributed by atoms with E-state index in [1.54, 1.807) is 24.3 Å². The number of hydrogen-bond acceptors (Lipinski definition) is 2. The Hall–Kier alpha value is -1.39. The average molecular weight is 326 g/mol. The van der Waals surface area contributed by atoms with E-state index < -0.39 is 0 Å². The van der Waals surface area contributed by atoms with E-state index in [2.05, 4.69) is 32.8 Å². The second-order valence-electron chi connectivity index (χ2n) is 3.74. The molecule has 1 aromatic carbocycles. The van der Waals surface area contributed by atoms with Crippen molar-refractivity contribution in [1.29, 1.82) is 0 Å². The van der Waals surface area contributed by atoms with Gasteiger partial charge in [0.05, 0.1) is 5.52 Å². The van der Waals surface area contributed by atoms with E-state index in [4.69, 9.17) is 11.6 Å². The first-order valence-electron chi connectivity index (χ1n) is 5.24. The molecule has 0 spiro atoms. The van der Waals surface area contributed by atoms with Gasteiger partial charge in [-0.2, -0.15) is 0 Å². The van der Waals surface area contributed by atoms with Gasteiger partial charge in [-0.05, 0) is 30.3 Å². The second kappa shape index (κ2) is 5.50. The summed E-state index contributed by atoms with van der Waals surface area (Å²) in [6.45, 7) is 4.06. The Kier molecular flexibility index (Phi) is 3.99. The normalized spacial score (nSPS) is 10.3. The topological polar surface area (TPSA) is 42.0 Å². The van der Waals surface area contributed by atoms with Crippen molar-refractivity contribution in [1.82, 2.24) is 10.3 Å². The maximum Gasteiger partial charge on any atom is 0.251 e. The van der Waals surface area contributed by atoms with Crippen molar-refractivity contribution in [2.45, 2.75) is 0 Å². The van der Waals surface area contributed by atoms with E-state index in [0.717, 1.165) is 15.4 Å². The summed E-state index contributed by atoms with van der Waals surface area (Å²) in [6, 6.07) is 8.82. The Balaban J connectivity index is 2.27. The molecule has 0 saturated carbocycles. The molecule has 92 valence electrons. The fourth-order valence-electron chi connectivity index (χ4n) is 1.52. The molecular weight excluding hydrogens is 316 g/mol. The van der Waals surface area contributed by atoms with Crippen LogP contribution in [0.15, 0.2) is 41.4 Å². The van der Waals surface area contributed by atoms with Crippen LogP contribution in [0, 0.1) is 0 Å². The summed E-state index contributed by atoms with van der Waals surface area (Å²) in [6.07, 6.45) is 0. The van der Waals surface area contributed by atoms with Gasteiger partial charge in [-0.1, -0.05) is 34.1 Å². The molecule has 1 heterocycles. The predicted octanol–water partition coefficient (Wildman–Crippen LogP) is 3.53. The summed E-state index contributed by atoms with van der Waals surface area (Å²) in [5, 5.41) is 4.06. The minimum Gasteiger partial charge on any atom is -0.347 e. The molecule has 3 nitrogen and oxygen atoms in total. The third-order valence-electron chi connectivity index (χ3n) is 2.36. The van der Waals surface area contributed by atoms with Gasteiger partial charge in [-0.3, -0.25) is 4.79 Å². The van der Waals surface area contributed by atoms with E-state index in [1.807, 2.05) is 6.07 Å². The first-order valence-corrected chi connectivity index (χ1v) is 6.41. The van der Waals surface area contributed by atoms with Crippen molar-refractivity contribution >= 4 is 44.3 Å². The standard InChI is InChI=1S/C13H10BrClN2O/c1-8(14)7-16-13(18)10-2-4-11-9(6-10)3-5-12(15)17-11/h2-6H,1,7H2,(H,16,18). The van der Waals surface area contributed by atoms with Crippen LogP contribution in [0.4, 0.5) is 0 Å². The first-order chi connectivity index (χ1) is 8.56. The van der Waals surface area contributed by atoms with Gasteiger partial charge in [-0.25, -0.2) is 4.98 Å². The molecule has 0 atom stereocenters. The monoisotopic (exact) mass is 324 g/mol. The van der Waals surface area contributed by atoms with Crippen molar-refractivity contribution < 1.29 is 4.79 Å². The fraction of sp³-hybridized carbons (Fsp3) is 0.0769. The van der Waals surface area contributed by atoms with Crippen LogP contribution >= 0.6 is 27.5 Å². The van der Waals surface area contributed by atoms with Crippen LogP contribution in [-0.2, 0) is 0 Å². The number of rotatable bonds is 3. The van der Waals surface area contributed by atoms with Crippen LogP contribution in [0.2, 0.25) is 5.15 Å². The number of benzene rings is 1. The van der Waals surface area contributed by atoms with Crippen molar-refractivity contribution in [2.75, 3.05) is 6.54 Å². The zero-order valence-corrected chi connectivity index (χ0v) is 11.8. The fourth-order valence-corrected chi connectivity index (χ4v) is 1.81. The van der Waals surface area contributed by atoms with Crippen molar-refractivity contribution in [3.8, 4) is 0 Å². The highest BCUT2D eigenvalue weighted by Gasteiger charge is 2.06. The molecule has 0 unspecified atom stereocenters. The van der Waals surface area contributed by atoms with Gasteiger partial charge < -0.3 is 5.32 Å². The lowest BCUT2D eigenvalue weighted by Gasteiger charge is -2.05. The van der Waals surface area contributed by atoms with Gasteiger partial charge in [0.2, 0.25) is 0 Å². The molecule has 0 aliphatic carbocycles. The lowest BCUT2D eigenvalue weighted by atomic mass is 10.1. The summed E-state index contributed by atoms with van der Waals surface area (Å²) < 4.78 is 0.727. The summed E-state index contributed by atoms with van der Waals surface area (Å²) >= 11 is 8.99. The van der Waals surface area contributed by atoms with Crippen molar-refractivity contribution in [3.05, 3.63) is 52.1 Å². The highest BCUT2D eigenvalue weighted by atomic mass is 79.9. The summed E-state index contributed by atoms with van der Waals surface area (Å²) in [5.74, 6) is -0.146. The summed E-state index contributed by atoms with van der Waals surface area (Å²) in [7, 11) is 0. The van der Waals surface area contributed by atoms with Gasteiger partial charge in [0.1, 0.15) is 5.15 Å². The lowest BCUT2D eigenvalue weighted by molar-refractivity contribution is 0.0958. The van der Waals surface area contributed by atoms with E-state index in [1.165, 1.54) is 0 Å². The van der Waals surface area contributed by atoms with Crippen LogP contribution in [-0.4, -0.2) is 17.4 Å². The lowest BCUT2D eigenvalue weighted by Crippen LogP contribution is -2.24. The molecule has 0 saturated heterocycles. The number of nitrogens with one attached hydrogen (secondary N) is 1. The number of fused-ring (bicyclic) bond motifs is 1. The zero-order valence-electron chi connectivity index (χ0n) is 9.41. The van der Waals surface area contributed by atoms with E-state index in [9.17, 15) is 4.79 Å². The molecule has 0 aliphatic heterocycles. The molecule has 1 aromatic heterocycles. The highest BCUT2D eigenvalue weighted by Crippen LogP contribution is 2.17. The van der Waals surface area contributed by atoms with Crippen molar-refractivity contribution in [2.24, 2.45) is 0 Å². The Bertz CT molecular complexity index is 627. The van der Waals surface area contributed by atoms with E-state index in [-0.39, 0.29) is 5.91 Å². The van der Waals surface area contributed by atoms with E-state index >= 15 is 0 Å². The second-order valence-corrected chi connectivity index (χ2v) is 5.25. The number of halogens is 2. The molecule has 18 heavy (non-hydrogen) atoms. The van der Waals surface area contributed by atoms with Crippen LogP contribution in [0.25, 0.3) is 10.9 Å². The number of amides is 1. The molecule has 0 fully saturated rings. The van der Waals surface area contributed by atoms with Gasteiger partial charge >= 0.3 is 0 Å². The van der Waals surface area contributed by atoms with Gasteiger partial charge in [0.25, 0.3) is 5.91 Å². The third-order valence-corrected chi connectivity index (χ3v) is 2.85. The number of nitrogens with zero attached hydrogens (tertiary/aromatic N) is 1. The van der Waals surface area contributed by atoms with Crippen LogP contribution < -0.4 is 5.32 Å². The number of aromatic nitrogens is 1. The Morgan fingerprint density at radius 1 is 1.39 bits per heavy atom. The Morgan fingerprint density at radius 2 is 2.17 bits per heavy atom. The quantitative estimate of drug-likeness (QED) is 0.877. The first kappa shape index (κ1) is 13.1.